The number of hydrogen-bond donors (Lipinski definition) is 1. The number of esters is 1. The van der Waals surface area contributed by atoms with Gasteiger partial charge in [-0.05, 0) is 33.6 Å². The number of epoxide rings is 1. The van der Waals surface area contributed by atoms with E-state index in [0.717, 1.165) is 13.0 Å². The Labute approximate surface area is 84.2 Å². The van der Waals surface area contributed by atoms with Gasteiger partial charge in [0.05, 0.1) is 12.7 Å². The largest absolute Gasteiger partial charge is 0.458 e. The van der Waals surface area contributed by atoms with Gasteiger partial charge in [-0.25, -0.2) is 4.79 Å². The lowest BCUT2D eigenvalue weighted by Gasteiger charge is -2.21. The number of carbonyl (C=O) groups excluding carboxylic acids is 1. The molecule has 1 saturated heterocycles. The highest BCUT2D eigenvalue weighted by molar-refractivity contribution is 5.74. The van der Waals surface area contributed by atoms with Crippen molar-refractivity contribution in [2.45, 2.75) is 51.4 Å². The van der Waals surface area contributed by atoms with Gasteiger partial charge < -0.3 is 14.6 Å². The Morgan fingerprint density at radius 1 is 1.64 bits per heavy atom. The minimum absolute atomic E-state index is 0.243. The lowest BCUT2D eigenvalue weighted by molar-refractivity contribution is -0.165. The van der Waals surface area contributed by atoms with Gasteiger partial charge in [0.25, 0.3) is 0 Å². The van der Waals surface area contributed by atoms with Gasteiger partial charge in [-0.15, -0.1) is 0 Å². The molecular weight excluding hydrogens is 184 g/mol. The molecule has 1 rings (SSSR count). The Morgan fingerprint density at radius 2 is 2.21 bits per heavy atom. The maximum atomic E-state index is 11.3. The fourth-order valence-electron chi connectivity index (χ4n) is 1.07. The summed E-state index contributed by atoms with van der Waals surface area (Å²) in [6.45, 7) is 6.09. The Bertz CT molecular complexity index is 203. The van der Waals surface area contributed by atoms with Crippen molar-refractivity contribution in [1.29, 1.82) is 0 Å². The van der Waals surface area contributed by atoms with Crippen LogP contribution in [0.2, 0.25) is 0 Å². The Hall–Kier alpha value is -0.610. The van der Waals surface area contributed by atoms with Gasteiger partial charge in [0, 0.05) is 0 Å². The quantitative estimate of drug-likeness (QED) is 0.543. The molecule has 1 heterocycles. The van der Waals surface area contributed by atoms with Gasteiger partial charge in [-0.2, -0.15) is 0 Å². The molecule has 0 spiro atoms. The molecule has 14 heavy (non-hydrogen) atoms. The van der Waals surface area contributed by atoms with Crippen LogP contribution in [0.4, 0.5) is 0 Å². The van der Waals surface area contributed by atoms with Crippen molar-refractivity contribution in [2.24, 2.45) is 0 Å². The maximum Gasteiger partial charge on any atom is 0.335 e. The van der Waals surface area contributed by atoms with Crippen LogP contribution in [0.25, 0.3) is 0 Å². The number of aliphatic hydroxyl groups excluding tert-OH is 1. The summed E-state index contributed by atoms with van der Waals surface area (Å²) in [4.78, 5) is 11.3. The van der Waals surface area contributed by atoms with E-state index < -0.39 is 17.7 Å². The molecule has 0 bridgehead atoms. The fourth-order valence-corrected chi connectivity index (χ4v) is 1.07. The third-order valence-electron chi connectivity index (χ3n) is 1.84. The van der Waals surface area contributed by atoms with E-state index in [2.05, 4.69) is 0 Å². The molecule has 0 aromatic carbocycles. The molecule has 0 amide bonds. The van der Waals surface area contributed by atoms with Gasteiger partial charge in [0.15, 0.2) is 6.10 Å². The maximum absolute atomic E-state index is 11.3. The van der Waals surface area contributed by atoms with E-state index in [1.54, 1.807) is 20.8 Å². The monoisotopic (exact) mass is 202 g/mol. The lowest BCUT2D eigenvalue weighted by atomic mass is 10.1. The van der Waals surface area contributed by atoms with Crippen molar-refractivity contribution in [2.75, 3.05) is 6.61 Å². The molecular formula is C10H18O4. The van der Waals surface area contributed by atoms with Crippen LogP contribution >= 0.6 is 0 Å². The number of aliphatic hydroxyl groups is 1. The molecule has 0 aliphatic carbocycles. The highest BCUT2D eigenvalue weighted by Crippen LogP contribution is 2.18. The van der Waals surface area contributed by atoms with E-state index >= 15 is 0 Å². The van der Waals surface area contributed by atoms with Crippen LogP contribution in [0.3, 0.4) is 0 Å². The van der Waals surface area contributed by atoms with Crippen molar-refractivity contribution < 1.29 is 19.4 Å². The molecule has 0 radical (unpaired) electrons. The zero-order valence-electron chi connectivity index (χ0n) is 8.95. The van der Waals surface area contributed by atoms with Gasteiger partial charge in [0.2, 0.25) is 0 Å². The average Bonchev–Trinajstić information content (AvgIpc) is 2.79. The van der Waals surface area contributed by atoms with E-state index in [1.165, 1.54) is 0 Å². The predicted octanol–water partition coefficient (Wildman–Crippen LogP) is 0.868. The highest BCUT2D eigenvalue weighted by Gasteiger charge is 2.27. The minimum Gasteiger partial charge on any atom is -0.458 e. The van der Waals surface area contributed by atoms with Crippen LogP contribution in [0, 0.1) is 0 Å². The lowest BCUT2D eigenvalue weighted by Crippen LogP contribution is -2.31. The van der Waals surface area contributed by atoms with Crippen molar-refractivity contribution in [3.05, 3.63) is 0 Å². The van der Waals surface area contributed by atoms with Gasteiger partial charge in [-0.1, -0.05) is 0 Å². The third kappa shape index (κ3) is 4.58. The van der Waals surface area contributed by atoms with Crippen molar-refractivity contribution in [3.8, 4) is 0 Å². The highest BCUT2D eigenvalue weighted by atomic mass is 16.6. The molecule has 0 saturated carbocycles. The summed E-state index contributed by atoms with van der Waals surface area (Å²) in [6.07, 6.45) is 0.366. The smallest absolute Gasteiger partial charge is 0.335 e. The van der Waals surface area contributed by atoms with Crippen LogP contribution in [0.15, 0.2) is 0 Å². The first-order chi connectivity index (χ1) is 6.38. The standard InChI is InChI=1S/C10H18O4/c1-10(2,3)14-9(12)8(11)5-4-7-6-13-7/h7-8,11H,4-6H2,1-3H3. The van der Waals surface area contributed by atoms with Crippen LogP contribution in [0.1, 0.15) is 33.6 Å². The van der Waals surface area contributed by atoms with Crippen LogP contribution in [-0.2, 0) is 14.3 Å². The van der Waals surface area contributed by atoms with E-state index in [4.69, 9.17) is 9.47 Å². The molecule has 2 atom stereocenters. The van der Waals surface area contributed by atoms with Crippen LogP contribution < -0.4 is 0 Å². The first kappa shape index (κ1) is 11.5. The predicted molar refractivity (Wildman–Crippen MR) is 50.8 cm³/mol. The van der Waals surface area contributed by atoms with E-state index in [1.807, 2.05) is 0 Å². The van der Waals surface area contributed by atoms with Crippen molar-refractivity contribution in [3.63, 3.8) is 0 Å². The summed E-state index contributed by atoms with van der Waals surface area (Å²) in [5.74, 6) is -0.543. The number of hydrogen-bond acceptors (Lipinski definition) is 4. The average molecular weight is 202 g/mol. The molecule has 4 heteroatoms. The third-order valence-corrected chi connectivity index (χ3v) is 1.84. The summed E-state index contributed by atoms with van der Waals surface area (Å²) in [7, 11) is 0. The molecule has 1 aliphatic rings. The summed E-state index contributed by atoms with van der Waals surface area (Å²) in [5.41, 5.74) is -0.534. The summed E-state index contributed by atoms with van der Waals surface area (Å²) < 4.78 is 10.00. The first-order valence-electron chi connectivity index (χ1n) is 4.91. The number of rotatable bonds is 4. The molecule has 0 aromatic heterocycles. The summed E-state index contributed by atoms with van der Waals surface area (Å²) in [6, 6.07) is 0. The van der Waals surface area contributed by atoms with E-state index in [9.17, 15) is 9.90 Å². The summed E-state index contributed by atoms with van der Waals surface area (Å²) >= 11 is 0. The van der Waals surface area contributed by atoms with Crippen LogP contribution in [-0.4, -0.2) is 35.5 Å². The summed E-state index contributed by atoms with van der Waals surface area (Å²) in [5, 5.41) is 9.43. The van der Waals surface area contributed by atoms with Gasteiger partial charge in [0.1, 0.15) is 5.60 Å². The fraction of sp³-hybridized carbons (Fsp3) is 0.900. The zero-order chi connectivity index (χ0) is 10.8. The van der Waals surface area contributed by atoms with Crippen molar-refractivity contribution in [1.82, 2.24) is 0 Å². The topological polar surface area (TPSA) is 59.1 Å². The molecule has 2 unspecified atom stereocenters. The Balaban J connectivity index is 2.20. The zero-order valence-corrected chi connectivity index (χ0v) is 8.95. The molecule has 1 fully saturated rings. The second-order valence-corrected chi connectivity index (χ2v) is 4.58. The molecule has 1 N–H and O–H groups in total. The molecule has 0 aromatic rings. The second kappa shape index (κ2) is 4.28. The Kier molecular flexibility index (Phi) is 3.50. The first-order valence-corrected chi connectivity index (χ1v) is 4.91. The number of carbonyl (C=O) groups is 1. The van der Waals surface area contributed by atoms with E-state index in [0.29, 0.717) is 6.42 Å². The molecule has 82 valence electrons. The Morgan fingerprint density at radius 3 is 2.64 bits per heavy atom. The number of ether oxygens (including phenoxy) is 2. The normalized spacial score (nSPS) is 23.0. The van der Waals surface area contributed by atoms with Crippen molar-refractivity contribution >= 4 is 5.97 Å². The second-order valence-electron chi connectivity index (χ2n) is 4.58. The minimum atomic E-state index is -1.02. The van der Waals surface area contributed by atoms with Gasteiger partial charge >= 0.3 is 5.97 Å². The molecule has 4 nitrogen and oxygen atoms in total. The van der Waals surface area contributed by atoms with Gasteiger partial charge in [-0.3, -0.25) is 0 Å². The SMILES string of the molecule is CC(C)(C)OC(=O)C(O)CCC1CO1. The van der Waals surface area contributed by atoms with E-state index in [-0.39, 0.29) is 6.10 Å². The van der Waals surface area contributed by atoms with Crippen LogP contribution in [0.5, 0.6) is 0 Å². The molecule has 1 aliphatic heterocycles.